The van der Waals surface area contributed by atoms with Crippen LogP contribution in [0.1, 0.15) is 44.0 Å². The van der Waals surface area contributed by atoms with Crippen LogP contribution >= 0.6 is 11.6 Å². The molecule has 0 aliphatic carbocycles. The predicted molar refractivity (Wildman–Crippen MR) is 94.4 cm³/mol. The van der Waals surface area contributed by atoms with Crippen LogP contribution in [0.3, 0.4) is 0 Å². The van der Waals surface area contributed by atoms with Crippen LogP contribution in [-0.4, -0.2) is 41.6 Å². The van der Waals surface area contributed by atoms with Gasteiger partial charge in [0.25, 0.3) is 0 Å². The lowest BCUT2D eigenvalue weighted by atomic mass is 10.1. The van der Waals surface area contributed by atoms with Crippen LogP contribution in [0.15, 0.2) is 18.2 Å². The van der Waals surface area contributed by atoms with Crippen molar-refractivity contribution in [2.45, 2.75) is 45.3 Å². The zero-order valence-corrected chi connectivity index (χ0v) is 15.0. The molecule has 132 valence electrons. The van der Waals surface area contributed by atoms with Crippen molar-refractivity contribution < 1.29 is 14.3 Å². The first-order chi connectivity index (χ1) is 11.2. The van der Waals surface area contributed by atoms with Crippen LogP contribution in [0.2, 0.25) is 5.02 Å². The Labute approximate surface area is 147 Å². The first-order valence-electron chi connectivity index (χ1n) is 7.99. The van der Waals surface area contributed by atoms with Gasteiger partial charge in [0.05, 0.1) is 10.7 Å². The molecule has 0 spiro atoms. The number of nitrogens with two attached hydrogens (primary N) is 1. The molecule has 1 aromatic rings. The second-order valence-corrected chi connectivity index (χ2v) is 7.38. The number of benzene rings is 1. The molecule has 0 saturated carbocycles. The first kappa shape index (κ1) is 18.4. The smallest absolute Gasteiger partial charge is 0.410 e. The molecule has 1 atom stereocenters. The number of piperidine rings is 1. The van der Waals surface area contributed by atoms with E-state index in [2.05, 4.69) is 5.32 Å². The lowest BCUT2D eigenvalue weighted by molar-refractivity contribution is 0.0206. The van der Waals surface area contributed by atoms with E-state index in [4.69, 9.17) is 22.1 Å². The average molecular weight is 354 g/mol. The van der Waals surface area contributed by atoms with Gasteiger partial charge in [-0.15, -0.1) is 0 Å². The third-order valence-electron chi connectivity index (χ3n) is 3.68. The fraction of sp³-hybridized carbons (Fsp3) is 0.529. The molecule has 1 heterocycles. The first-order valence-corrected chi connectivity index (χ1v) is 8.37. The number of anilines is 1. The molecule has 6 nitrogen and oxygen atoms in total. The fourth-order valence-corrected chi connectivity index (χ4v) is 2.77. The van der Waals surface area contributed by atoms with E-state index in [1.807, 2.05) is 20.8 Å². The topological polar surface area (TPSA) is 84.7 Å². The predicted octanol–water partition coefficient (Wildman–Crippen LogP) is 3.25. The number of hydrogen-bond donors (Lipinski definition) is 2. The Balaban J connectivity index is 2.04. The zero-order chi connectivity index (χ0) is 17.9. The van der Waals surface area contributed by atoms with E-state index in [-0.39, 0.29) is 12.1 Å². The molecule has 3 N–H and O–H groups in total. The number of nitrogens with one attached hydrogen (secondary N) is 1. The van der Waals surface area contributed by atoms with Gasteiger partial charge in [-0.05, 0) is 51.8 Å². The van der Waals surface area contributed by atoms with Gasteiger partial charge in [0.1, 0.15) is 5.60 Å². The summed E-state index contributed by atoms with van der Waals surface area (Å²) < 4.78 is 5.42. The lowest BCUT2D eigenvalue weighted by Gasteiger charge is -2.35. The summed E-state index contributed by atoms with van der Waals surface area (Å²) in [6.07, 6.45) is 1.45. The zero-order valence-electron chi connectivity index (χ0n) is 14.3. The van der Waals surface area contributed by atoms with Gasteiger partial charge in [0.2, 0.25) is 5.91 Å². The van der Waals surface area contributed by atoms with Crippen LogP contribution in [0.4, 0.5) is 10.5 Å². The molecule has 7 heteroatoms. The second kappa shape index (κ2) is 7.30. The molecule has 1 unspecified atom stereocenters. The Hall–Kier alpha value is -1.95. The van der Waals surface area contributed by atoms with Crippen molar-refractivity contribution in [1.82, 2.24) is 4.90 Å². The summed E-state index contributed by atoms with van der Waals surface area (Å²) >= 11 is 6.19. The summed E-state index contributed by atoms with van der Waals surface area (Å²) in [4.78, 5) is 25.2. The number of ether oxygens (including phenoxy) is 1. The number of carbonyl (C=O) groups is 2. The largest absolute Gasteiger partial charge is 0.444 e. The highest BCUT2D eigenvalue weighted by Crippen LogP contribution is 2.26. The Bertz CT molecular complexity index is 628. The highest BCUT2D eigenvalue weighted by atomic mass is 35.5. The van der Waals surface area contributed by atoms with E-state index in [9.17, 15) is 9.59 Å². The van der Waals surface area contributed by atoms with Gasteiger partial charge in [0, 0.05) is 24.7 Å². The molecule has 2 rings (SSSR count). The van der Waals surface area contributed by atoms with Crippen LogP contribution in [0.25, 0.3) is 0 Å². The van der Waals surface area contributed by atoms with Crippen molar-refractivity contribution in [1.29, 1.82) is 0 Å². The Morgan fingerprint density at radius 2 is 2.08 bits per heavy atom. The van der Waals surface area contributed by atoms with Crippen molar-refractivity contribution in [3.8, 4) is 0 Å². The highest BCUT2D eigenvalue weighted by molar-refractivity contribution is 6.33. The molecule has 0 bridgehead atoms. The molecule has 1 aliphatic rings. The molecule has 2 amide bonds. The van der Waals surface area contributed by atoms with Crippen LogP contribution < -0.4 is 11.1 Å². The number of nitrogens with zero attached hydrogens (tertiary/aromatic N) is 1. The maximum atomic E-state index is 12.2. The summed E-state index contributed by atoms with van der Waals surface area (Å²) in [5.41, 5.74) is 5.82. The third kappa shape index (κ3) is 5.03. The van der Waals surface area contributed by atoms with E-state index in [0.29, 0.717) is 29.4 Å². The Kier molecular flexibility index (Phi) is 5.59. The lowest BCUT2D eigenvalue weighted by Crippen LogP contribution is -2.47. The number of halogens is 1. The van der Waals surface area contributed by atoms with Gasteiger partial charge < -0.3 is 20.7 Å². The standard InChI is InChI=1S/C17H24ClN3O3/c1-17(2,3)24-16(23)21-8-4-5-12(10-21)20-14-9-11(15(19)22)6-7-13(14)18/h6-7,9,12,20H,4-5,8,10H2,1-3H3,(H2,19,22). The number of carbonyl (C=O) groups excluding carboxylic acids is 2. The fourth-order valence-electron chi connectivity index (χ4n) is 2.60. The van der Waals surface area contributed by atoms with Crippen molar-refractivity contribution >= 4 is 29.3 Å². The van der Waals surface area contributed by atoms with Gasteiger partial charge in [-0.1, -0.05) is 11.6 Å². The third-order valence-corrected chi connectivity index (χ3v) is 4.01. The summed E-state index contributed by atoms with van der Waals surface area (Å²) in [5, 5.41) is 3.81. The Morgan fingerprint density at radius 1 is 1.38 bits per heavy atom. The van der Waals surface area contributed by atoms with Crippen molar-refractivity contribution in [3.05, 3.63) is 28.8 Å². The van der Waals surface area contributed by atoms with Crippen LogP contribution in [-0.2, 0) is 4.74 Å². The minimum absolute atomic E-state index is 0.0342. The summed E-state index contributed by atoms with van der Waals surface area (Å²) in [6, 6.07) is 4.89. The maximum absolute atomic E-state index is 12.2. The van der Waals surface area contributed by atoms with E-state index >= 15 is 0 Å². The van der Waals surface area contributed by atoms with E-state index in [0.717, 1.165) is 12.8 Å². The normalized spacial score (nSPS) is 18.2. The molecule has 1 aliphatic heterocycles. The van der Waals surface area contributed by atoms with E-state index < -0.39 is 11.5 Å². The summed E-state index contributed by atoms with van der Waals surface area (Å²) in [7, 11) is 0. The van der Waals surface area contributed by atoms with Crippen LogP contribution in [0, 0.1) is 0 Å². The monoisotopic (exact) mass is 353 g/mol. The van der Waals surface area contributed by atoms with Gasteiger partial charge >= 0.3 is 6.09 Å². The van der Waals surface area contributed by atoms with Crippen molar-refractivity contribution in [2.24, 2.45) is 5.73 Å². The molecule has 1 saturated heterocycles. The molecule has 24 heavy (non-hydrogen) atoms. The van der Waals surface area contributed by atoms with Gasteiger partial charge in [-0.3, -0.25) is 4.79 Å². The quantitative estimate of drug-likeness (QED) is 0.873. The van der Waals surface area contributed by atoms with Crippen LogP contribution in [0.5, 0.6) is 0 Å². The minimum atomic E-state index is -0.517. The van der Waals surface area contributed by atoms with Crippen molar-refractivity contribution in [2.75, 3.05) is 18.4 Å². The molecule has 1 aromatic carbocycles. The average Bonchev–Trinajstić information content (AvgIpc) is 2.48. The number of hydrogen-bond acceptors (Lipinski definition) is 4. The summed E-state index contributed by atoms with van der Waals surface area (Å²) in [5.74, 6) is -0.506. The highest BCUT2D eigenvalue weighted by Gasteiger charge is 2.27. The van der Waals surface area contributed by atoms with Crippen molar-refractivity contribution in [3.63, 3.8) is 0 Å². The maximum Gasteiger partial charge on any atom is 0.410 e. The summed E-state index contributed by atoms with van der Waals surface area (Å²) in [6.45, 7) is 6.73. The van der Waals surface area contributed by atoms with Gasteiger partial charge in [-0.25, -0.2) is 4.79 Å². The van der Waals surface area contributed by atoms with Gasteiger partial charge in [0.15, 0.2) is 0 Å². The molecule has 0 radical (unpaired) electrons. The SMILES string of the molecule is CC(C)(C)OC(=O)N1CCCC(Nc2cc(C(N)=O)ccc2Cl)C1. The number of amides is 2. The number of primary amides is 1. The van der Waals surface area contributed by atoms with E-state index in [1.54, 1.807) is 23.1 Å². The van der Waals surface area contributed by atoms with E-state index in [1.165, 1.54) is 0 Å². The minimum Gasteiger partial charge on any atom is -0.444 e. The Morgan fingerprint density at radius 3 is 2.71 bits per heavy atom. The number of rotatable bonds is 3. The van der Waals surface area contributed by atoms with Gasteiger partial charge in [-0.2, -0.15) is 0 Å². The molecule has 1 fully saturated rings. The second-order valence-electron chi connectivity index (χ2n) is 6.97. The molecule has 0 aromatic heterocycles. The molecular weight excluding hydrogens is 330 g/mol. The molecular formula is C17H24ClN3O3. The number of likely N-dealkylation sites (tertiary alicyclic amines) is 1.